The Hall–Kier alpha value is -3.18. The molecule has 0 aliphatic carbocycles. The Morgan fingerprint density at radius 2 is 2.00 bits per heavy atom. The van der Waals surface area contributed by atoms with Crippen LogP contribution < -0.4 is 20.3 Å². The van der Waals surface area contributed by atoms with Crippen molar-refractivity contribution in [3.63, 3.8) is 0 Å². The van der Waals surface area contributed by atoms with Gasteiger partial charge in [0.15, 0.2) is 11.4 Å². The first-order chi connectivity index (χ1) is 16.5. The average molecular weight is 470 g/mol. The van der Waals surface area contributed by atoms with Crippen molar-refractivity contribution in [2.24, 2.45) is 0 Å². The molecule has 178 valence electrons. The maximum Gasteiger partial charge on any atom is 0.276 e. The van der Waals surface area contributed by atoms with Crippen molar-refractivity contribution in [1.82, 2.24) is 30.0 Å². The summed E-state index contributed by atoms with van der Waals surface area (Å²) in [6, 6.07) is 4.95. The summed E-state index contributed by atoms with van der Waals surface area (Å²) in [4.78, 5) is 18.3. The van der Waals surface area contributed by atoms with Gasteiger partial charge in [0.1, 0.15) is 19.0 Å². The highest BCUT2D eigenvalue weighted by atomic mass is 19.1. The van der Waals surface area contributed by atoms with Gasteiger partial charge in [-0.1, -0.05) is 0 Å². The zero-order valence-electron chi connectivity index (χ0n) is 18.5. The summed E-state index contributed by atoms with van der Waals surface area (Å²) >= 11 is 0. The lowest BCUT2D eigenvalue weighted by atomic mass is 9.95. The van der Waals surface area contributed by atoms with Crippen molar-refractivity contribution < 1.29 is 18.3 Å². The number of hydrogen-bond donors (Lipinski definition) is 1. The average Bonchev–Trinajstić information content (AvgIpc) is 3.17. The SMILES string of the molecule is O=c1ccc2ncc(F)c3c2n1CC3(F)CN1CCC(NCc2cc3c(nn2)OCCO3)CC1. The fraction of sp³-hybridized carbons (Fsp3) is 0.478. The standard InChI is InChI=1S/C23H24F2N6O3/c24-16-11-27-17-1-2-19(32)31-13-23(25,20(16)21(17)31)12-30-5-3-14(4-6-30)26-10-15-9-18-22(29-28-15)34-8-7-33-18/h1-2,9,11,14,26H,3-8,10,12-13H2. The van der Waals surface area contributed by atoms with E-state index in [1.807, 2.05) is 11.0 Å². The summed E-state index contributed by atoms with van der Waals surface area (Å²) in [5, 5.41) is 11.7. The number of piperidine rings is 1. The number of halogens is 2. The van der Waals surface area contributed by atoms with Crippen molar-refractivity contribution in [3.8, 4) is 11.6 Å². The summed E-state index contributed by atoms with van der Waals surface area (Å²) in [6.45, 7) is 2.68. The highest BCUT2D eigenvalue weighted by molar-refractivity contribution is 5.81. The smallest absolute Gasteiger partial charge is 0.276 e. The van der Waals surface area contributed by atoms with Crippen molar-refractivity contribution in [1.29, 1.82) is 0 Å². The van der Waals surface area contributed by atoms with Crippen LogP contribution in [0.2, 0.25) is 0 Å². The van der Waals surface area contributed by atoms with Crippen LogP contribution in [0.1, 0.15) is 24.1 Å². The van der Waals surface area contributed by atoms with Crippen molar-refractivity contribution in [2.45, 2.75) is 37.6 Å². The van der Waals surface area contributed by atoms with Crippen LogP contribution in [0.25, 0.3) is 11.0 Å². The van der Waals surface area contributed by atoms with E-state index in [-0.39, 0.29) is 35.8 Å². The number of alkyl halides is 1. The highest BCUT2D eigenvalue weighted by Gasteiger charge is 2.45. The number of aromatic nitrogens is 4. The van der Waals surface area contributed by atoms with E-state index in [0.29, 0.717) is 50.0 Å². The third-order valence-electron chi connectivity index (χ3n) is 6.80. The first kappa shape index (κ1) is 21.4. The maximum atomic E-state index is 16.2. The van der Waals surface area contributed by atoms with E-state index < -0.39 is 11.5 Å². The molecule has 0 amide bonds. The summed E-state index contributed by atoms with van der Waals surface area (Å²) in [5.74, 6) is 0.321. The normalized spacial score (nSPS) is 22.4. The molecule has 0 aromatic carbocycles. The van der Waals surface area contributed by atoms with Gasteiger partial charge in [-0.3, -0.25) is 14.7 Å². The number of hydrogen-bond acceptors (Lipinski definition) is 8. The molecule has 1 saturated heterocycles. The van der Waals surface area contributed by atoms with Crippen LogP contribution in [-0.4, -0.2) is 63.5 Å². The molecule has 3 aromatic rings. The quantitative estimate of drug-likeness (QED) is 0.600. The molecule has 11 heteroatoms. The lowest BCUT2D eigenvalue weighted by Gasteiger charge is -2.36. The molecule has 0 radical (unpaired) electrons. The minimum absolute atomic E-state index is 0.0323. The molecule has 0 bridgehead atoms. The molecule has 1 atom stereocenters. The van der Waals surface area contributed by atoms with Gasteiger partial charge in [-0.15, -0.1) is 5.10 Å². The van der Waals surface area contributed by atoms with E-state index in [1.54, 1.807) is 0 Å². The number of nitrogens with zero attached hydrogens (tertiary/aromatic N) is 5. The van der Waals surface area contributed by atoms with Crippen molar-refractivity contribution in [2.75, 3.05) is 32.8 Å². The van der Waals surface area contributed by atoms with Gasteiger partial charge in [-0.25, -0.2) is 8.78 Å². The van der Waals surface area contributed by atoms with Crippen LogP contribution in [-0.2, 0) is 18.8 Å². The first-order valence-electron chi connectivity index (χ1n) is 11.5. The summed E-state index contributed by atoms with van der Waals surface area (Å²) in [6.07, 6.45) is 2.67. The number of likely N-dealkylation sites (tertiary alicyclic amines) is 1. The molecule has 0 spiro atoms. The predicted octanol–water partition coefficient (Wildman–Crippen LogP) is 1.53. The molecule has 6 heterocycles. The number of ether oxygens (including phenoxy) is 2. The minimum Gasteiger partial charge on any atom is -0.484 e. The van der Waals surface area contributed by atoms with Crippen LogP contribution in [0.4, 0.5) is 8.78 Å². The lowest BCUT2D eigenvalue weighted by molar-refractivity contribution is 0.0636. The van der Waals surface area contributed by atoms with Crippen LogP contribution in [0.15, 0.2) is 29.2 Å². The molecule has 9 nitrogen and oxygen atoms in total. The van der Waals surface area contributed by atoms with E-state index in [2.05, 4.69) is 20.5 Å². The van der Waals surface area contributed by atoms with Gasteiger partial charge in [0.2, 0.25) is 0 Å². The lowest BCUT2D eigenvalue weighted by Crippen LogP contribution is -2.47. The van der Waals surface area contributed by atoms with Crippen molar-refractivity contribution >= 4 is 11.0 Å². The summed E-state index contributed by atoms with van der Waals surface area (Å²) in [7, 11) is 0. The number of rotatable bonds is 5. The van der Waals surface area contributed by atoms with E-state index in [0.717, 1.165) is 24.7 Å². The Labute approximate surface area is 193 Å². The minimum atomic E-state index is -1.97. The Morgan fingerprint density at radius 3 is 2.85 bits per heavy atom. The molecule has 1 unspecified atom stereocenters. The van der Waals surface area contributed by atoms with Gasteiger partial charge in [0.25, 0.3) is 11.4 Å². The van der Waals surface area contributed by atoms with E-state index in [1.165, 1.54) is 16.7 Å². The van der Waals surface area contributed by atoms with Gasteiger partial charge >= 0.3 is 0 Å². The zero-order chi connectivity index (χ0) is 23.3. The molecular formula is C23H24F2N6O3. The molecule has 1 N–H and O–H groups in total. The maximum absolute atomic E-state index is 16.2. The fourth-order valence-electron chi connectivity index (χ4n) is 5.16. The van der Waals surface area contributed by atoms with Crippen LogP contribution >= 0.6 is 0 Å². The first-order valence-corrected chi connectivity index (χ1v) is 11.5. The fourth-order valence-corrected chi connectivity index (χ4v) is 5.16. The van der Waals surface area contributed by atoms with Gasteiger partial charge in [0.05, 0.1) is 35.0 Å². The Bertz CT molecular complexity index is 1310. The highest BCUT2D eigenvalue weighted by Crippen LogP contribution is 2.41. The number of fused-ring (bicyclic) bond motifs is 1. The largest absolute Gasteiger partial charge is 0.484 e. The third kappa shape index (κ3) is 3.68. The van der Waals surface area contributed by atoms with Gasteiger partial charge < -0.3 is 19.4 Å². The second-order valence-electron chi connectivity index (χ2n) is 9.07. The topological polar surface area (TPSA) is 94.4 Å². The molecule has 34 heavy (non-hydrogen) atoms. The molecular weight excluding hydrogens is 446 g/mol. The van der Waals surface area contributed by atoms with Crippen molar-refractivity contribution in [3.05, 3.63) is 51.8 Å². The second kappa shape index (κ2) is 8.24. The number of nitrogens with one attached hydrogen (secondary N) is 1. The van der Waals surface area contributed by atoms with E-state index in [9.17, 15) is 9.18 Å². The van der Waals surface area contributed by atoms with Crippen LogP contribution in [0.3, 0.4) is 0 Å². The van der Waals surface area contributed by atoms with Gasteiger partial charge in [0, 0.05) is 31.3 Å². The molecule has 3 aromatic heterocycles. The van der Waals surface area contributed by atoms with Gasteiger partial charge in [-0.2, -0.15) is 5.10 Å². The number of pyridine rings is 2. The molecule has 0 saturated carbocycles. The monoisotopic (exact) mass is 470 g/mol. The van der Waals surface area contributed by atoms with Crippen LogP contribution in [0.5, 0.6) is 11.6 Å². The van der Waals surface area contributed by atoms with Gasteiger partial charge in [-0.05, 0) is 32.0 Å². The van der Waals surface area contributed by atoms with E-state index in [4.69, 9.17) is 9.47 Å². The van der Waals surface area contributed by atoms with E-state index >= 15 is 4.39 Å². The molecule has 3 aliphatic heterocycles. The Kier molecular flexibility index (Phi) is 5.18. The second-order valence-corrected chi connectivity index (χ2v) is 9.07. The predicted molar refractivity (Wildman–Crippen MR) is 118 cm³/mol. The Balaban J connectivity index is 1.09. The van der Waals surface area contributed by atoms with Crippen LogP contribution in [0, 0.1) is 5.82 Å². The zero-order valence-corrected chi connectivity index (χ0v) is 18.5. The molecule has 6 rings (SSSR count). The molecule has 3 aliphatic rings. The third-order valence-corrected chi connectivity index (χ3v) is 6.80. The summed E-state index contributed by atoms with van der Waals surface area (Å²) < 4.78 is 43.1. The molecule has 1 fully saturated rings. The summed E-state index contributed by atoms with van der Waals surface area (Å²) in [5.41, 5.74) is -0.896. The Morgan fingerprint density at radius 1 is 1.18 bits per heavy atom.